The van der Waals surface area contributed by atoms with Crippen LogP contribution in [-0.4, -0.2) is 31.1 Å². The Bertz CT molecular complexity index is 126. The van der Waals surface area contributed by atoms with Gasteiger partial charge in [-0.15, -0.1) is 5.10 Å². The normalized spacial score (nSPS) is 17.9. The van der Waals surface area contributed by atoms with Crippen LogP contribution in [0.4, 0.5) is 0 Å². The van der Waals surface area contributed by atoms with Gasteiger partial charge in [0.05, 0.1) is 6.54 Å². The van der Waals surface area contributed by atoms with Crippen LogP contribution in [0.3, 0.4) is 0 Å². The standard InChI is InChI=1S/C5H8N2O/c1-7-3-5-8-4-2-6-7/h4H,3,5H2,1H3. The maximum Gasteiger partial charge on any atom is 0.146 e. The topological polar surface area (TPSA) is 24.8 Å². The first-order chi connectivity index (χ1) is 3.89. The summed E-state index contributed by atoms with van der Waals surface area (Å²) in [4.78, 5) is 0. The zero-order valence-electron chi connectivity index (χ0n) is 4.79. The van der Waals surface area contributed by atoms with E-state index < -0.39 is 0 Å². The fourth-order valence-corrected chi connectivity index (χ4v) is 0.453. The monoisotopic (exact) mass is 112 g/mol. The van der Waals surface area contributed by atoms with Crippen molar-refractivity contribution in [3.8, 4) is 0 Å². The summed E-state index contributed by atoms with van der Waals surface area (Å²) < 4.78 is 4.89. The van der Waals surface area contributed by atoms with Gasteiger partial charge in [0.1, 0.15) is 12.9 Å². The molecule has 0 saturated heterocycles. The molecular weight excluding hydrogens is 104 g/mol. The lowest BCUT2D eigenvalue weighted by Gasteiger charge is -2.06. The summed E-state index contributed by atoms with van der Waals surface area (Å²) in [7, 11) is 1.88. The van der Waals surface area contributed by atoms with Crippen LogP contribution in [0.2, 0.25) is 0 Å². The van der Waals surface area contributed by atoms with Crippen LogP contribution in [0.15, 0.2) is 11.4 Å². The quantitative estimate of drug-likeness (QED) is 0.442. The molecule has 1 heterocycles. The highest BCUT2D eigenvalue weighted by Crippen LogP contribution is 1.85. The summed E-state index contributed by atoms with van der Waals surface area (Å²) in [5.41, 5.74) is 0. The highest BCUT2D eigenvalue weighted by molar-refractivity contribution is 5.49. The molecule has 0 aromatic carbocycles. The first-order valence-electron chi connectivity index (χ1n) is 2.50. The minimum Gasteiger partial charge on any atom is -0.489 e. The molecule has 0 amide bonds. The molecular formula is C5H8N2O. The van der Waals surface area contributed by atoms with E-state index in [2.05, 4.69) is 11.0 Å². The van der Waals surface area contributed by atoms with Gasteiger partial charge in [-0.05, 0) is 0 Å². The Morgan fingerprint density at radius 1 is 1.88 bits per heavy atom. The predicted molar refractivity (Wildman–Crippen MR) is 30.6 cm³/mol. The van der Waals surface area contributed by atoms with Crippen LogP contribution in [-0.2, 0) is 4.74 Å². The lowest BCUT2D eigenvalue weighted by molar-refractivity contribution is 0.212. The number of nitrogens with zero attached hydrogens (tertiary/aromatic N) is 2. The molecule has 0 aromatic rings. The van der Waals surface area contributed by atoms with Gasteiger partial charge in [-0.1, -0.05) is 0 Å². The number of rotatable bonds is 0. The van der Waals surface area contributed by atoms with Crippen molar-refractivity contribution in [2.24, 2.45) is 5.10 Å². The second-order valence-electron chi connectivity index (χ2n) is 1.60. The molecule has 0 aromatic heterocycles. The van der Waals surface area contributed by atoms with Crippen LogP contribution in [0.1, 0.15) is 0 Å². The zero-order valence-corrected chi connectivity index (χ0v) is 4.79. The maximum atomic E-state index is 4.89. The highest BCUT2D eigenvalue weighted by Gasteiger charge is 1.92. The summed E-state index contributed by atoms with van der Waals surface area (Å²) >= 11 is 0. The minimum absolute atomic E-state index is 0.701. The Kier molecular flexibility index (Phi) is 1.55. The summed E-state index contributed by atoms with van der Waals surface area (Å²) in [6.45, 7) is 1.54. The first-order valence-corrected chi connectivity index (χ1v) is 2.50. The van der Waals surface area contributed by atoms with E-state index in [1.807, 2.05) is 7.05 Å². The van der Waals surface area contributed by atoms with Gasteiger partial charge in [0, 0.05) is 12.9 Å². The van der Waals surface area contributed by atoms with Crippen LogP contribution in [0.5, 0.6) is 0 Å². The molecule has 0 bridgehead atoms. The Morgan fingerprint density at radius 2 is 2.75 bits per heavy atom. The number of hydrazone groups is 1. The number of hydrogen-bond donors (Lipinski definition) is 0. The predicted octanol–water partition coefficient (Wildman–Crippen LogP) is 0.0468. The smallest absolute Gasteiger partial charge is 0.146 e. The summed E-state index contributed by atoms with van der Waals surface area (Å²) in [5, 5.41) is 5.61. The molecule has 0 fully saturated rings. The molecule has 0 N–H and O–H groups in total. The molecule has 8 heavy (non-hydrogen) atoms. The third-order valence-corrected chi connectivity index (χ3v) is 0.897. The second-order valence-corrected chi connectivity index (χ2v) is 1.60. The van der Waals surface area contributed by atoms with E-state index in [9.17, 15) is 0 Å². The van der Waals surface area contributed by atoms with Gasteiger partial charge in [-0.3, -0.25) is 5.01 Å². The maximum absolute atomic E-state index is 4.89. The highest BCUT2D eigenvalue weighted by atomic mass is 16.5. The van der Waals surface area contributed by atoms with Crippen molar-refractivity contribution in [1.82, 2.24) is 5.01 Å². The van der Waals surface area contributed by atoms with Crippen molar-refractivity contribution in [3.63, 3.8) is 0 Å². The number of likely N-dealkylation sites (N-methyl/N-ethyl adjacent to an activating group) is 1. The van der Waals surface area contributed by atoms with E-state index >= 15 is 0 Å². The van der Waals surface area contributed by atoms with Gasteiger partial charge >= 0.3 is 0 Å². The lowest BCUT2D eigenvalue weighted by Crippen LogP contribution is -2.14. The average Bonchev–Trinajstić information content (AvgIpc) is 1.94. The third-order valence-electron chi connectivity index (χ3n) is 0.897. The Balaban J connectivity index is 2.49. The first kappa shape index (κ1) is 5.19. The van der Waals surface area contributed by atoms with Crippen LogP contribution in [0, 0.1) is 0 Å². The summed E-state index contributed by atoms with van der Waals surface area (Å²) in [6, 6.07) is 0. The SMILES string of the molecule is CN1CCOC=C=N1. The fraction of sp³-hybridized carbons (Fsp3) is 0.600. The van der Waals surface area contributed by atoms with Gasteiger partial charge in [-0.2, -0.15) is 0 Å². The molecule has 1 aliphatic heterocycles. The Morgan fingerprint density at radius 3 is 3.62 bits per heavy atom. The van der Waals surface area contributed by atoms with Crippen molar-refractivity contribution in [1.29, 1.82) is 0 Å². The van der Waals surface area contributed by atoms with E-state index in [1.54, 1.807) is 5.01 Å². The molecule has 3 heteroatoms. The van der Waals surface area contributed by atoms with E-state index in [4.69, 9.17) is 4.74 Å². The van der Waals surface area contributed by atoms with Crippen LogP contribution < -0.4 is 0 Å². The van der Waals surface area contributed by atoms with Gasteiger partial charge in [0.2, 0.25) is 0 Å². The molecule has 0 spiro atoms. The lowest BCUT2D eigenvalue weighted by atomic mass is 10.7. The summed E-state index contributed by atoms with van der Waals surface area (Å²) in [6.07, 6.45) is 1.48. The molecule has 0 saturated carbocycles. The van der Waals surface area contributed by atoms with E-state index in [-0.39, 0.29) is 0 Å². The van der Waals surface area contributed by atoms with Gasteiger partial charge in [0.25, 0.3) is 0 Å². The summed E-state index contributed by atoms with van der Waals surface area (Å²) in [5.74, 6) is 2.60. The molecule has 1 aliphatic rings. The molecule has 44 valence electrons. The van der Waals surface area contributed by atoms with Gasteiger partial charge in [-0.25, -0.2) is 0 Å². The third kappa shape index (κ3) is 1.28. The molecule has 0 unspecified atom stereocenters. The zero-order chi connectivity index (χ0) is 5.82. The molecule has 1 rings (SSSR count). The Hall–Kier alpha value is -0.950. The van der Waals surface area contributed by atoms with E-state index in [0.717, 1.165) is 6.54 Å². The Labute approximate surface area is 48.2 Å². The van der Waals surface area contributed by atoms with Crippen molar-refractivity contribution in [2.75, 3.05) is 20.2 Å². The molecule has 3 nitrogen and oxygen atoms in total. The number of ether oxygens (including phenoxy) is 1. The molecule has 0 radical (unpaired) electrons. The van der Waals surface area contributed by atoms with E-state index in [0.29, 0.717) is 6.61 Å². The van der Waals surface area contributed by atoms with E-state index in [1.165, 1.54) is 6.26 Å². The fourth-order valence-electron chi connectivity index (χ4n) is 0.453. The van der Waals surface area contributed by atoms with Crippen LogP contribution >= 0.6 is 0 Å². The average molecular weight is 112 g/mol. The second kappa shape index (κ2) is 2.38. The van der Waals surface area contributed by atoms with Gasteiger partial charge < -0.3 is 4.74 Å². The number of hydrogen-bond acceptors (Lipinski definition) is 3. The van der Waals surface area contributed by atoms with Gasteiger partial charge in [0.15, 0.2) is 0 Å². The van der Waals surface area contributed by atoms with Crippen molar-refractivity contribution in [3.05, 3.63) is 6.26 Å². The molecule has 0 aliphatic carbocycles. The van der Waals surface area contributed by atoms with Crippen molar-refractivity contribution in [2.45, 2.75) is 0 Å². The largest absolute Gasteiger partial charge is 0.489 e. The molecule has 0 atom stereocenters. The van der Waals surface area contributed by atoms with Crippen molar-refractivity contribution >= 4 is 5.87 Å². The minimum atomic E-state index is 0.701. The van der Waals surface area contributed by atoms with Crippen LogP contribution in [0.25, 0.3) is 0 Å². The van der Waals surface area contributed by atoms with Crippen molar-refractivity contribution < 1.29 is 4.74 Å².